The molecular weight excluding hydrogens is 501 g/mol. The van der Waals surface area contributed by atoms with E-state index in [9.17, 15) is 8.42 Å². The number of nitrogens with one attached hydrogen (secondary N) is 1. The van der Waals surface area contributed by atoms with E-state index in [0.29, 0.717) is 37.1 Å². The molecule has 1 saturated heterocycles. The minimum Gasteiger partial charge on any atom is -0.370 e. The molecule has 3 rings (SSSR count). The number of hydrogen-bond donors (Lipinski definition) is 1. The van der Waals surface area contributed by atoms with E-state index in [1.54, 1.807) is 31.3 Å². The van der Waals surface area contributed by atoms with Crippen LogP contribution in [0.15, 0.2) is 64.5 Å². The quantitative estimate of drug-likeness (QED) is 0.367. The van der Waals surface area contributed by atoms with E-state index in [-0.39, 0.29) is 35.8 Å². The Morgan fingerprint density at radius 1 is 1.17 bits per heavy atom. The lowest BCUT2D eigenvalue weighted by Gasteiger charge is -2.35. The van der Waals surface area contributed by atoms with Crippen LogP contribution in [-0.4, -0.2) is 58.3 Å². The molecule has 158 valence electrons. The molecule has 0 aromatic heterocycles. The molecule has 0 aliphatic carbocycles. The first kappa shape index (κ1) is 23.6. The zero-order chi connectivity index (χ0) is 20.0. The highest BCUT2D eigenvalue weighted by molar-refractivity contribution is 14.0. The zero-order valence-corrected chi connectivity index (χ0v) is 19.9. The Bertz CT molecular complexity index is 920. The Labute approximate surface area is 190 Å². The number of nitrogens with zero attached hydrogens (tertiary/aromatic N) is 2. The van der Waals surface area contributed by atoms with Crippen LogP contribution in [0, 0.1) is 6.92 Å². The Hall–Kier alpha value is -1.65. The lowest BCUT2D eigenvalue weighted by Crippen LogP contribution is -2.49. The first-order chi connectivity index (χ1) is 13.5. The molecule has 1 heterocycles. The lowest BCUT2D eigenvalue weighted by atomic mass is 10.0. The Kier molecular flexibility index (Phi) is 8.91. The molecule has 1 atom stereocenters. The van der Waals surface area contributed by atoms with Gasteiger partial charge in [0.2, 0.25) is 0 Å². The summed E-state index contributed by atoms with van der Waals surface area (Å²) in [5.74, 6) is 0.715. The van der Waals surface area contributed by atoms with E-state index < -0.39 is 9.84 Å². The molecule has 0 spiro atoms. The number of aryl methyl sites for hydroxylation is 1. The zero-order valence-electron chi connectivity index (χ0n) is 16.7. The van der Waals surface area contributed by atoms with Gasteiger partial charge < -0.3 is 15.0 Å². The van der Waals surface area contributed by atoms with Crippen LogP contribution in [0.4, 0.5) is 0 Å². The standard InChI is InChI=1S/C21H27N3O3S.HI/c1-17-8-6-7-11-19(17)20-16-24(13-14-27-20)21(22-2)23-12-15-28(25,26)18-9-4-3-5-10-18;/h3-11,20H,12-16H2,1-2H3,(H,22,23);1H. The van der Waals surface area contributed by atoms with E-state index in [2.05, 4.69) is 34.3 Å². The van der Waals surface area contributed by atoms with Crippen molar-refractivity contribution in [2.24, 2.45) is 4.99 Å². The number of halogens is 1. The third kappa shape index (κ3) is 6.16. The average Bonchev–Trinajstić information content (AvgIpc) is 2.72. The third-order valence-electron chi connectivity index (χ3n) is 4.87. The van der Waals surface area contributed by atoms with Crippen LogP contribution in [0.3, 0.4) is 0 Å². The van der Waals surface area contributed by atoms with Gasteiger partial charge in [-0.2, -0.15) is 0 Å². The SMILES string of the molecule is CN=C(NCCS(=O)(=O)c1ccccc1)N1CCOC(c2ccccc2C)C1.I. The molecular formula is C21H28IN3O3S. The van der Waals surface area contributed by atoms with Gasteiger partial charge in [-0.3, -0.25) is 4.99 Å². The summed E-state index contributed by atoms with van der Waals surface area (Å²) < 4.78 is 30.8. The van der Waals surface area contributed by atoms with E-state index in [4.69, 9.17) is 4.74 Å². The fraction of sp³-hybridized carbons (Fsp3) is 0.381. The number of sulfone groups is 1. The van der Waals surface area contributed by atoms with Crippen molar-refractivity contribution in [1.82, 2.24) is 10.2 Å². The topological polar surface area (TPSA) is 71.0 Å². The molecule has 8 heteroatoms. The first-order valence-corrected chi connectivity index (χ1v) is 11.1. The average molecular weight is 529 g/mol. The second kappa shape index (κ2) is 10.9. The van der Waals surface area contributed by atoms with Crippen LogP contribution < -0.4 is 5.32 Å². The van der Waals surface area contributed by atoms with Crippen molar-refractivity contribution in [2.45, 2.75) is 17.9 Å². The van der Waals surface area contributed by atoms with Gasteiger partial charge in [-0.25, -0.2) is 8.42 Å². The van der Waals surface area contributed by atoms with E-state index >= 15 is 0 Å². The maximum atomic E-state index is 12.4. The molecule has 1 aliphatic heterocycles. The Morgan fingerprint density at radius 2 is 1.86 bits per heavy atom. The lowest BCUT2D eigenvalue weighted by molar-refractivity contribution is -0.00827. The van der Waals surface area contributed by atoms with Crippen molar-refractivity contribution in [2.75, 3.05) is 39.0 Å². The molecule has 0 saturated carbocycles. The maximum Gasteiger partial charge on any atom is 0.193 e. The molecule has 1 fully saturated rings. The summed E-state index contributed by atoms with van der Waals surface area (Å²) in [5.41, 5.74) is 2.38. The summed E-state index contributed by atoms with van der Waals surface area (Å²) in [4.78, 5) is 6.80. The summed E-state index contributed by atoms with van der Waals surface area (Å²) >= 11 is 0. The van der Waals surface area contributed by atoms with Crippen LogP contribution in [0.2, 0.25) is 0 Å². The second-order valence-electron chi connectivity index (χ2n) is 6.77. The van der Waals surface area contributed by atoms with Gasteiger partial charge in [0.05, 0.1) is 23.8 Å². The molecule has 6 nitrogen and oxygen atoms in total. The number of rotatable bonds is 5. The molecule has 0 radical (unpaired) electrons. The number of aliphatic imine (C=N–C) groups is 1. The highest BCUT2D eigenvalue weighted by Crippen LogP contribution is 2.24. The molecule has 2 aromatic rings. The maximum absolute atomic E-state index is 12.4. The first-order valence-electron chi connectivity index (χ1n) is 9.42. The minimum absolute atomic E-state index is 0. The molecule has 2 aromatic carbocycles. The van der Waals surface area contributed by atoms with E-state index in [1.165, 1.54) is 11.1 Å². The minimum atomic E-state index is -3.31. The van der Waals surface area contributed by atoms with Gasteiger partial charge in [0, 0.05) is 20.1 Å². The molecule has 1 unspecified atom stereocenters. The summed E-state index contributed by atoms with van der Waals surface area (Å²) in [6.07, 6.45) is -0.0263. The van der Waals surface area contributed by atoms with Crippen molar-refractivity contribution in [3.05, 3.63) is 65.7 Å². The molecule has 0 bridgehead atoms. The van der Waals surface area contributed by atoms with Gasteiger partial charge in [-0.15, -0.1) is 24.0 Å². The van der Waals surface area contributed by atoms with E-state index in [0.717, 1.165) is 0 Å². The normalized spacial score (nSPS) is 17.5. The number of guanidine groups is 1. The van der Waals surface area contributed by atoms with Crippen molar-refractivity contribution >= 4 is 39.8 Å². The second-order valence-corrected chi connectivity index (χ2v) is 8.88. The van der Waals surface area contributed by atoms with Gasteiger partial charge in [0.15, 0.2) is 15.8 Å². The summed E-state index contributed by atoms with van der Waals surface area (Å²) in [6, 6.07) is 16.7. The van der Waals surface area contributed by atoms with Crippen molar-refractivity contribution in [3.8, 4) is 0 Å². The molecule has 29 heavy (non-hydrogen) atoms. The smallest absolute Gasteiger partial charge is 0.193 e. The van der Waals surface area contributed by atoms with Crippen molar-refractivity contribution < 1.29 is 13.2 Å². The Balaban J connectivity index is 0.00000300. The van der Waals surface area contributed by atoms with Gasteiger partial charge in [0.1, 0.15) is 6.10 Å². The van der Waals surface area contributed by atoms with Gasteiger partial charge in [0.25, 0.3) is 0 Å². The van der Waals surface area contributed by atoms with Crippen LogP contribution >= 0.6 is 24.0 Å². The number of ether oxygens (including phenoxy) is 1. The van der Waals surface area contributed by atoms with Crippen LogP contribution in [0.5, 0.6) is 0 Å². The highest BCUT2D eigenvalue weighted by Gasteiger charge is 2.25. The molecule has 1 aliphatic rings. The fourth-order valence-electron chi connectivity index (χ4n) is 3.35. The predicted molar refractivity (Wildman–Crippen MR) is 127 cm³/mol. The molecule has 0 amide bonds. The fourth-order valence-corrected chi connectivity index (χ4v) is 4.53. The van der Waals surface area contributed by atoms with E-state index in [1.807, 2.05) is 18.2 Å². The highest BCUT2D eigenvalue weighted by atomic mass is 127. The number of hydrogen-bond acceptors (Lipinski definition) is 4. The van der Waals surface area contributed by atoms with Crippen LogP contribution in [0.25, 0.3) is 0 Å². The predicted octanol–water partition coefficient (Wildman–Crippen LogP) is 3.04. The van der Waals surface area contributed by atoms with Crippen molar-refractivity contribution in [3.63, 3.8) is 0 Å². The van der Waals surface area contributed by atoms with Gasteiger partial charge >= 0.3 is 0 Å². The summed E-state index contributed by atoms with van der Waals surface area (Å²) in [5, 5.41) is 3.19. The number of benzene rings is 2. The van der Waals surface area contributed by atoms with Gasteiger partial charge in [-0.05, 0) is 30.2 Å². The molecule has 1 N–H and O–H groups in total. The van der Waals surface area contributed by atoms with Gasteiger partial charge in [-0.1, -0.05) is 42.5 Å². The monoisotopic (exact) mass is 529 g/mol. The van der Waals surface area contributed by atoms with Crippen LogP contribution in [0.1, 0.15) is 17.2 Å². The van der Waals surface area contributed by atoms with Crippen LogP contribution in [-0.2, 0) is 14.6 Å². The Morgan fingerprint density at radius 3 is 2.55 bits per heavy atom. The summed E-state index contributed by atoms with van der Waals surface area (Å²) in [7, 11) is -1.60. The largest absolute Gasteiger partial charge is 0.370 e. The third-order valence-corrected chi connectivity index (χ3v) is 6.60. The summed E-state index contributed by atoms with van der Waals surface area (Å²) in [6.45, 7) is 4.38. The number of morpholine rings is 1. The van der Waals surface area contributed by atoms with Crippen molar-refractivity contribution in [1.29, 1.82) is 0 Å².